The molecule has 0 aromatic rings. The number of aliphatic carboxylic acids is 1. The number of nitrogens with one attached hydrogen (secondary N) is 1. The zero-order chi connectivity index (χ0) is 15.5. The molecule has 120 valence electrons. The molecule has 2 N–H and O–H groups in total. The largest absolute Gasteiger partial charge is 0.481 e. The van der Waals surface area contributed by atoms with Crippen LogP contribution in [-0.2, 0) is 14.6 Å². The number of nitrogens with zero attached hydrogens (tertiary/aromatic N) is 1. The van der Waals surface area contributed by atoms with Crippen LogP contribution in [0.5, 0.6) is 0 Å². The van der Waals surface area contributed by atoms with E-state index in [4.69, 9.17) is 5.11 Å². The number of amides is 2. The van der Waals surface area contributed by atoms with E-state index in [-0.39, 0.29) is 30.5 Å². The Morgan fingerprint density at radius 2 is 2.00 bits per heavy atom. The first-order valence-corrected chi connectivity index (χ1v) is 9.16. The molecule has 1 saturated carbocycles. The molecule has 0 spiro atoms. The van der Waals surface area contributed by atoms with E-state index in [1.54, 1.807) is 0 Å². The number of rotatable bonds is 5. The van der Waals surface area contributed by atoms with Gasteiger partial charge in [-0.25, -0.2) is 13.2 Å². The maximum atomic E-state index is 12.1. The summed E-state index contributed by atoms with van der Waals surface area (Å²) in [6.07, 6.45) is 4.26. The fourth-order valence-corrected chi connectivity index (χ4v) is 4.32. The van der Waals surface area contributed by atoms with Gasteiger partial charge in [0.1, 0.15) is 0 Å². The fourth-order valence-electron chi connectivity index (χ4n) is 2.79. The quantitative estimate of drug-likeness (QED) is 0.766. The molecule has 0 aromatic carbocycles. The van der Waals surface area contributed by atoms with Crippen LogP contribution in [0.25, 0.3) is 0 Å². The summed E-state index contributed by atoms with van der Waals surface area (Å²) in [6.45, 7) is 0.627. The molecule has 1 heterocycles. The number of sulfone groups is 1. The SMILES string of the molecule is O=C(O)CC1CS(=O)(=O)CCN1C(=O)NCCC1CCC1. The Balaban J connectivity index is 1.87. The third kappa shape index (κ3) is 4.59. The summed E-state index contributed by atoms with van der Waals surface area (Å²) in [5.41, 5.74) is 0. The topological polar surface area (TPSA) is 104 Å². The normalized spacial score (nSPS) is 25.1. The minimum Gasteiger partial charge on any atom is -0.481 e. The lowest BCUT2D eigenvalue weighted by atomic mass is 9.83. The highest BCUT2D eigenvalue weighted by Gasteiger charge is 2.35. The number of carboxylic acids is 1. The predicted molar refractivity (Wildman–Crippen MR) is 76.8 cm³/mol. The number of carbonyl (C=O) groups excluding carboxylic acids is 1. The summed E-state index contributed by atoms with van der Waals surface area (Å²) in [5, 5.41) is 11.7. The Morgan fingerprint density at radius 1 is 1.29 bits per heavy atom. The Bertz CT molecular complexity index is 501. The van der Waals surface area contributed by atoms with Crippen LogP contribution in [0.3, 0.4) is 0 Å². The molecule has 0 bridgehead atoms. The number of carboxylic acid groups (broad SMARTS) is 1. The van der Waals surface area contributed by atoms with E-state index in [1.165, 1.54) is 24.2 Å². The number of hydrogen-bond donors (Lipinski definition) is 2. The molecule has 1 aliphatic heterocycles. The fraction of sp³-hybridized carbons (Fsp3) is 0.846. The first-order chi connectivity index (χ1) is 9.87. The van der Waals surface area contributed by atoms with Crippen LogP contribution >= 0.6 is 0 Å². The van der Waals surface area contributed by atoms with Crippen molar-refractivity contribution in [3.8, 4) is 0 Å². The molecule has 0 aromatic heterocycles. The average Bonchev–Trinajstić information content (AvgIpc) is 2.30. The molecular weight excluding hydrogens is 296 g/mol. The molecular formula is C13H22N2O5S. The predicted octanol–water partition coefficient (Wildman–Crippen LogP) is 0.460. The zero-order valence-corrected chi connectivity index (χ0v) is 12.8. The van der Waals surface area contributed by atoms with Gasteiger partial charge in [0.25, 0.3) is 0 Å². The van der Waals surface area contributed by atoms with Crippen LogP contribution in [0.15, 0.2) is 0 Å². The van der Waals surface area contributed by atoms with Gasteiger partial charge in [-0.1, -0.05) is 19.3 Å². The second-order valence-corrected chi connectivity index (χ2v) is 8.11. The summed E-state index contributed by atoms with van der Waals surface area (Å²) in [5.74, 6) is -0.777. The van der Waals surface area contributed by atoms with E-state index in [2.05, 4.69) is 5.32 Å². The summed E-state index contributed by atoms with van der Waals surface area (Å²) in [4.78, 5) is 24.3. The molecule has 1 unspecified atom stereocenters. The van der Waals surface area contributed by atoms with Gasteiger partial charge >= 0.3 is 12.0 Å². The number of hydrogen-bond acceptors (Lipinski definition) is 4. The van der Waals surface area contributed by atoms with Crippen LogP contribution in [0, 0.1) is 5.92 Å². The summed E-state index contributed by atoms with van der Waals surface area (Å²) in [6, 6.07) is -1.12. The van der Waals surface area contributed by atoms with Crippen molar-refractivity contribution in [2.75, 3.05) is 24.6 Å². The van der Waals surface area contributed by atoms with Crippen LogP contribution < -0.4 is 5.32 Å². The van der Waals surface area contributed by atoms with Gasteiger partial charge in [-0.3, -0.25) is 4.79 Å². The van der Waals surface area contributed by atoms with Gasteiger partial charge in [0.2, 0.25) is 0 Å². The zero-order valence-electron chi connectivity index (χ0n) is 12.0. The van der Waals surface area contributed by atoms with Crippen LogP contribution in [0.1, 0.15) is 32.1 Å². The van der Waals surface area contributed by atoms with E-state index in [0.29, 0.717) is 12.5 Å². The van der Waals surface area contributed by atoms with Crippen LogP contribution in [0.2, 0.25) is 0 Å². The Hall–Kier alpha value is -1.31. The van der Waals surface area contributed by atoms with Gasteiger partial charge in [-0.2, -0.15) is 0 Å². The van der Waals surface area contributed by atoms with E-state index < -0.39 is 21.8 Å². The second-order valence-electron chi connectivity index (χ2n) is 5.88. The van der Waals surface area contributed by atoms with Crippen molar-refractivity contribution in [2.45, 2.75) is 38.1 Å². The minimum atomic E-state index is -3.26. The molecule has 2 rings (SSSR count). The lowest BCUT2D eigenvalue weighted by Crippen LogP contribution is -2.55. The van der Waals surface area contributed by atoms with Gasteiger partial charge < -0.3 is 15.3 Å². The van der Waals surface area contributed by atoms with Crippen molar-refractivity contribution >= 4 is 21.8 Å². The highest BCUT2D eigenvalue weighted by molar-refractivity contribution is 7.91. The molecule has 1 atom stereocenters. The van der Waals surface area contributed by atoms with Crippen molar-refractivity contribution in [2.24, 2.45) is 5.92 Å². The lowest BCUT2D eigenvalue weighted by molar-refractivity contribution is -0.138. The van der Waals surface area contributed by atoms with Gasteiger partial charge in [-0.15, -0.1) is 0 Å². The first-order valence-electron chi connectivity index (χ1n) is 7.34. The van der Waals surface area contributed by atoms with Crippen molar-refractivity contribution in [1.82, 2.24) is 10.2 Å². The van der Waals surface area contributed by atoms with E-state index in [1.807, 2.05) is 0 Å². The molecule has 2 aliphatic rings. The van der Waals surface area contributed by atoms with E-state index in [0.717, 1.165) is 6.42 Å². The maximum absolute atomic E-state index is 12.1. The third-order valence-electron chi connectivity index (χ3n) is 4.25. The molecule has 8 heteroatoms. The van der Waals surface area contributed by atoms with Gasteiger partial charge in [0.15, 0.2) is 9.84 Å². The molecule has 21 heavy (non-hydrogen) atoms. The third-order valence-corrected chi connectivity index (χ3v) is 5.95. The van der Waals surface area contributed by atoms with Crippen LogP contribution in [-0.4, -0.2) is 61.1 Å². The maximum Gasteiger partial charge on any atom is 0.317 e. The van der Waals surface area contributed by atoms with Crippen molar-refractivity contribution in [3.05, 3.63) is 0 Å². The van der Waals surface area contributed by atoms with E-state index in [9.17, 15) is 18.0 Å². The summed E-state index contributed by atoms with van der Waals surface area (Å²) in [7, 11) is -3.26. The molecule has 1 saturated heterocycles. The lowest BCUT2D eigenvalue weighted by Gasteiger charge is -2.35. The molecule has 0 radical (unpaired) electrons. The van der Waals surface area contributed by atoms with Gasteiger partial charge in [-0.05, 0) is 12.3 Å². The minimum absolute atomic E-state index is 0.0650. The highest BCUT2D eigenvalue weighted by Crippen LogP contribution is 2.28. The molecule has 2 fully saturated rings. The van der Waals surface area contributed by atoms with Gasteiger partial charge in [0.05, 0.1) is 24.0 Å². The Morgan fingerprint density at radius 3 is 2.57 bits per heavy atom. The van der Waals surface area contributed by atoms with Crippen molar-refractivity contribution < 1.29 is 23.1 Å². The molecule has 2 amide bonds. The monoisotopic (exact) mass is 318 g/mol. The van der Waals surface area contributed by atoms with Crippen LogP contribution in [0.4, 0.5) is 4.79 Å². The second kappa shape index (κ2) is 6.64. The number of carbonyl (C=O) groups is 2. The number of urea groups is 1. The Kier molecular flexibility index (Phi) is 5.08. The smallest absolute Gasteiger partial charge is 0.317 e. The summed E-state index contributed by atoms with van der Waals surface area (Å²) < 4.78 is 23.2. The highest BCUT2D eigenvalue weighted by atomic mass is 32.2. The van der Waals surface area contributed by atoms with Crippen molar-refractivity contribution in [1.29, 1.82) is 0 Å². The molecule has 7 nitrogen and oxygen atoms in total. The van der Waals surface area contributed by atoms with Gasteiger partial charge in [0, 0.05) is 13.1 Å². The Labute approximate surface area is 124 Å². The first kappa shape index (κ1) is 16.1. The van der Waals surface area contributed by atoms with Crippen molar-refractivity contribution in [3.63, 3.8) is 0 Å². The standard InChI is InChI=1S/C13H22N2O5S/c16-12(17)8-11-9-21(19,20)7-6-15(11)13(18)14-5-4-10-2-1-3-10/h10-11H,1-9H2,(H,14,18)(H,16,17). The molecule has 1 aliphatic carbocycles. The van der Waals surface area contributed by atoms with E-state index >= 15 is 0 Å². The summed E-state index contributed by atoms with van der Waals surface area (Å²) >= 11 is 0. The average molecular weight is 318 g/mol.